The number of carbonyl (C=O) groups excluding carboxylic acids is 3. The Kier molecular flexibility index (Phi) is 5.13. The second kappa shape index (κ2) is 8.09. The van der Waals surface area contributed by atoms with Gasteiger partial charge in [-0.15, -0.1) is 11.3 Å². The monoisotopic (exact) mass is 450 g/mol. The number of Topliss-reactive ketones (excluding diaryl/α,β-unsaturated/α-hetero) is 1. The van der Waals surface area contributed by atoms with Crippen molar-refractivity contribution < 1.29 is 14.4 Å². The molecule has 1 unspecified atom stereocenters. The number of fused-ring (bicyclic) bond motifs is 2. The maximum absolute atomic E-state index is 13.1. The van der Waals surface area contributed by atoms with Gasteiger partial charge in [0, 0.05) is 23.5 Å². The van der Waals surface area contributed by atoms with E-state index in [2.05, 4.69) is 20.7 Å². The number of hydrogen-bond donors (Lipinski definition) is 4. The van der Waals surface area contributed by atoms with Crippen LogP contribution in [-0.2, 0) is 11.2 Å². The van der Waals surface area contributed by atoms with E-state index < -0.39 is 5.92 Å². The lowest BCUT2D eigenvalue weighted by molar-refractivity contribution is -0.116. The Morgan fingerprint density at radius 1 is 1.10 bits per heavy atom. The summed E-state index contributed by atoms with van der Waals surface area (Å²) in [5, 5.41) is 10.8. The zero-order valence-electron chi connectivity index (χ0n) is 16.2. The van der Waals surface area contributed by atoms with E-state index in [4.69, 9.17) is 0 Å². The van der Waals surface area contributed by atoms with Crippen molar-refractivity contribution >= 4 is 58.1 Å². The SMILES string of the molecule is O=C(NSc1cccs1)Nc1ccc(C2C(=O)Nc3cc4c(cc3C2=O)CCN4)cc1. The van der Waals surface area contributed by atoms with Crippen molar-refractivity contribution in [2.45, 2.75) is 16.5 Å². The number of thiophene rings is 1. The van der Waals surface area contributed by atoms with Crippen LogP contribution >= 0.6 is 23.3 Å². The minimum absolute atomic E-state index is 0.209. The molecule has 0 saturated carbocycles. The summed E-state index contributed by atoms with van der Waals surface area (Å²) in [6.07, 6.45) is 0.863. The van der Waals surface area contributed by atoms with E-state index in [1.165, 1.54) is 23.3 Å². The highest BCUT2D eigenvalue weighted by Crippen LogP contribution is 2.36. The molecule has 3 heterocycles. The fourth-order valence-electron chi connectivity index (χ4n) is 3.77. The van der Waals surface area contributed by atoms with Gasteiger partial charge in [-0.1, -0.05) is 18.2 Å². The zero-order valence-corrected chi connectivity index (χ0v) is 17.9. The number of urea groups is 1. The quantitative estimate of drug-likeness (QED) is 0.347. The van der Waals surface area contributed by atoms with Crippen LogP contribution in [0.5, 0.6) is 0 Å². The minimum atomic E-state index is -0.905. The van der Waals surface area contributed by atoms with Crippen LogP contribution in [0.1, 0.15) is 27.4 Å². The molecule has 9 heteroatoms. The Morgan fingerprint density at radius 3 is 2.71 bits per heavy atom. The van der Waals surface area contributed by atoms with Crippen molar-refractivity contribution in [3.8, 4) is 0 Å². The topological polar surface area (TPSA) is 99.3 Å². The lowest BCUT2D eigenvalue weighted by Gasteiger charge is -2.24. The van der Waals surface area contributed by atoms with Crippen LogP contribution in [0, 0.1) is 0 Å². The van der Waals surface area contributed by atoms with E-state index in [0.717, 1.165) is 28.4 Å². The summed E-state index contributed by atoms with van der Waals surface area (Å²) < 4.78 is 3.69. The molecule has 0 fully saturated rings. The number of ketones is 1. The Hall–Kier alpha value is -3.30. The summed E-state index contributed by atoms with van der Waals surface area (Å²) in [5.74, 6) is -1.46. The number of benzene rings is 2. The van der Waals surface area contributed by atoms with Crippen molar-refractivity contribution in [3.05, 3.63) is 70.6 Å². The highest BCUT2D eigenvalue weighted by atomic mass is 32.2. The molecule has 7 nitrogen and oxygen atoms in total. The number of hydrogen-bond acceptors (Lipinski definition) is 6. The van der Waals surface area contributed by atoms with E-state index in [0.29, 0.717) is 22.5 Å². The van der Waals surface area contributed by atoms with Gasteiger partial charge in [-0.2, -0.15) is 0 Å². The largest absolute Gasteiger partial charge is 0.384 e. The first-order valence-electron chi connectivity index (χ1n) is 9.71. The van der Waals surface area contributed by atoms with Gasteiger partial charge in [0.05, 0.1) is 9.90 Å². The van der Waals surface area contributed by atoms with Crippen LogP contribution in [0.15, 0.2) is 58.1 Å². The lowest BCUT2D eigenvalue weighted by Crippen LogP contribution is -2.33. The minimum Gasteiger partial charge on any atom is -0.384 e. The van der Waals surface area contributed by atoms with Crippen molar-refractivity contribution in [1.29, 1.82) is 0 Å². The van der Waals surface area contributed by atoms with Crippen LogP contribution in [0.2, 0.25) is 0 Å². The third-order valence-electron chi connectivity index (χ3n) is 5.24. The maximum Gasteiger partial charge on any atom is 0.329 e. The Balaban J connectivity index is 1.29. The van der Waals surface area contributed by atoms with E-state index >= 15 is 0 Å². The van der Waals surface area contributed by atoms with Gasteiger partial charge in [0.25, 0.3) is 0 Å². The molecule has 2 aliphatic heterocycles. The summed E-state index contributed by atoms with van der Waals surface area (Å²) in [5.41, 5.74) is 4.31. The summed E-state index contributed by atoms with van der Waals surface area (Å²) >= 11 is 2.78. The molecule has 156 valence electrons. The third-order valence-corrected chi connectivity index (χ3v) is 7.07. The van der Waals surface area contributed by atoms with Crippen molar-refractivity contribution in [2.75, 3.05) is 22.5 Å². The van der Waals surface area contributed by atoms with Gasteiger partial charge >= 0.3 is 6.03 Å². The molecule has 0 radical (unpaired) electrons. The normalized spacial score (nSPS) is 16.7. The van der Waals surface area contributed by atoms with Crippen LogP contribution in [0.25, 0.3) is 0 Å². The van der Waals surface area contributed by atoms with E-state index in [1.807, 2.05) is 29.6 Å². The van der Waals surface area contributed by atoms with Gasteiger partial charge in [-0.25, -0.2) is 4.79 Å². The summed E-state index contributed by atoms with van der Waals surface area (Å²) in [6.45, 7) is 0.831. The van der Waals surface area contributed by atoms with Crippen LogP contribution in [0.3, 0.4) is 0 Å². The third kappa shape index (κ3) is 3.89. The molecular weight excluding hydrogens is 432 g/mol. The smallest absolute Gasteiger partial charge is 0.329 e. The number of anilines is 3. The predicted molar refractivity (Wildman–Crippen MR) is 123 cm³/mol. The van der Waals surface area contributed by atoms with Crippen molar-refractivity contribution in [3.63, 3.8) is 0 Å². The summed E-state index contributed by atoms with van der Waals surface area (Å²) in [4.78, 5) is 37.9. The number of amides is 3. The van der Waals surface area contributed by atoms with Crippen LogP contribution in [0.4, 0.5) is 21.9 Å². The molecule has 1 atom stereocenters. The van der Waals surface area contributed by atoms with Crippen LogP contribution in [-0.4, -0.2) is 24.3 Å². The standard InChI is InChI=1S/C22H18N4O3S2/c27-20-15-10-13-7-8-23-16(13)11-17(15)25-21(28)19(20)12-3-5-14(6-4-12)24-22(29)26-31-18-2-1-9-30-18/h1-6,9-11,19,23H,7-8H2,(H,25,28)(H2,24,26,29). The fraction of sp³-hybridized carbons (Fsp3) is 0.136. The average Bonchev–Trinajstić information content (AvgIpc) is 3.44. The fourth-order valence-corrected chi connectivity index (χ4v) is 5.09. The highest BCUT2D eigenvalue weighted by molar-refractivity contribution is 7.99. The Labute approximate surface area is 186 Å². The maximum atomic E-state index is 13.1. The molecular formula is C22H18N4O3S2. The lowest BCUT2D eigenvalue weighted by atomic mass is 9.85. The summed E-state index contributed by atoms with van der Waals surface area (Å²) in [6, 6.07) is 14.0. The van der Waals surface area contributed by atoms with Gasteiger partial charge in [-0.3, -0.25) is 14.3 Å². The molecule has 31 heavy (non-hydrogen) atoms. The molecule has 0 spiro atoms. The van der Waals surface area contributed by atoms with Gasteiger partial charge < -0.3 is 16.0 Å². The molecule has 2 aromatic carbocycles. The predicted octanol–water partition coefficient (Wildman–Crippen LogP) is 4.46. The second-order valence-electron chi connectivity index (χ2n) is 7.23. The van der Waals surface area contributed by atoms with Crippen molar-refractivity contribution in [2.24, 2.45) is 0 Å². The first kappa shape index (κ1) is 19.7. The molecule has 4 N–H and O–H groups in total. The Morgan fingerprint density at radius 2 is 1.94 bits per heavy atom. The van der Waals surface area contributed by atoms with Gasteiger partial charge in [0.2, 0.25) is 5.91 Å². The second-order valence-corrected chi connectivity index (χ2v) is 9.28. The van der Waals surface area contributed by atoms with Crippen molar-refractivity contribution in [1.82, 2.24) is 4.72 Å². The zero-order chi connectivity index (χ0) is 21.4. The molecule has 1 aromatic heterocycles. The average molecular weight is 451 g/mol. The number of nitrogens with one attached hydrogen (secondary N) is 4. The molecule has 5 rings (SSSR count). The molecule has 2 aliphatic rings. The Bertz CT molecular complexity index is 1180. The highest BCUT2D eigenvalue weighted by Gasteiger charge is 2.36. The van der Waals surface area contributed by atoms with E-state index in [1.54, 1.807) is 24.3 Å². The summed E-state index contributed by atoms with van der Waals surface area (Å²) in [7, 11) is 0. The molecule has 0 bridgehead atoms. The molecule has 0 saturated heterocycles. The van der Waals surface area contributed by atoms with Gasteiger partial charge in [-0.05, 0) is 65.2 Å². The van der Waals surface area contributed by atoms with Gasteiger partial charge in [0.1, 0.15) is 5.92 Å². The first-order valence-corrected chi connectivity index (χ1v) is 11.4. The number of rotatable bonds is 4. The number of carbonyl (C=O) groups is 3. The molecule has 3 aromatic rings. The first-order chi connectivity index (χ1) is 15.1. The van der Waals surface area contributed by atoms with E-state index in [9.17, 15) is 14.4 Å². The molecule has 0 aliphatic carbocycles. The van der Waals surface area contributed by atoms with Crippen LogP contribution < -0.4 is 20.7 Å². The molecule has 3 amide bonds. The van der Waals surface area contributed by atoms with Gasteiger partial charge in [0.15, 0.2) is 5.78 Å². The van der Waals surface area contributed by atoms with E-state index in [-0.39, 0.29) is 17.7 Å².